The van der Waals surface area contributed by atoms with Crippen molar-refractivity contribution < 1.29 is 19.1 Å². The minimum absolute atomic E-state index is 0.0317. The van der Waals surface area contributed by atoms with Gasteiger partial charge in [0, 0.05) is 23.6 Å². The molecule has 6 heteroatoms. The van der Waals surface area contributed by atoms with E-state index in [9.17, 15) is 9.59 Å². The average Bonchev–Trinajstić information content (AvgIpc) is 3.35. The minimum Gasteiger partial charge on any atom is -0.467 e. The van der Waals surface area contributed by atoms with Gasteiger partial charge in [0.15, 0.2) is 0 Å². The van der Waals surface area contributed by atoms with Gasteiger partial charge in [-0.25, -0.2) is 4.79 Å². The lowest BCUT2D eigenvalue weighted by atomic mass is 9.81. The number of fused-ring (bicyclic) bond motifs is 2. The monoisotopic (exact) mass is 365 g/mol. The Morgan fingerprint density at radius 3 is 2.88 bits per heavy atom. The van der Waals surface area contributed by atoms with Gasteiger partial charge in [0.2, 0.25) is 0 Å². The molecule has 5 nitrogen and oxygen atoms in total. The van der Waals surface area contributed by atoms with Crippen molar-refractivity contribution >= 4 is 23.2 Å². The number of hydrogen-bond donors (Lipinski definition) is 1. The molecular weight excluding hydrogens is 338 g/mol. The first-order valence-electron chi connectivity index (χ1n) is 9.16. The van der Waals surface area contributed by atoms with Gasteiger partial charge >= 0.3 is 5.97 Å². The summed E-state index contributed by atoms with van der Waals surface area (Å²) in [6, 6.07) is 2.21. The third-order valence-corrected chi connectivity index (χ3v) is 6.38. The normalized spacial score (nSPS) is 27.4. The van der Waals surface area contributed by atoms with Crippen molar-refractivity contribution in [2.45, 2.75) is 44.6 Å². The molecule has 0 radical (unpaired) electrons. The van der Waals surface area contributed by atoms with Crippen molar-refractivity contribution in [1.29, 1.82) is 0 Å². The largest absolute Gasteiger partial charge is 0.467 e. The topological polar surface area (TPSA) is 64.6 Å². The van der Waals surface area contributed by atoms with Crippen LogP contribution in [-0.2, 0) is 14.3 Å². The molecule has 0 unspecified atom stereocenters. The highest BCUT2D eigenvalue weighted by Gasteiger charge is 2.47. The van der Waals surface area contributed by atoms with E-state index in [1.54, 1.807) is 11.3 Å². The SMILES string of the molecule is COC(=O)COCCCC[C@H]1[C@H]2CC[C@H](C2)[C@@H]1NC(=O)c1ccsc1. The van der Waals surface area contributed by atoms with Crippen LogP contribution >= 0.6 is 11.3 Å². The van der Waals surface area contributed by atoms with Gasteiger partial charge in [0.05, 0.1) is 7.11 Å². The molecule has 2 aliphatic carbocycles. The maximum Gasteiger partial charge on any atom is 0.331 e. The van der Waals surface area contributed by atoms with Gasteiger partial charge < -0.3 is 14.8 Å². The number of ether oxygens (including phenoxy) is 2. The fraction of sp³-hybridized carbons (Fsp3) is 0.684. The fourth-order valence-corrected chi connectivity index (χ4v) is 5.11. The molecule has 25 heavy (non-hydrogen) atoms. The molecule has 4 atom stereocenters. The first kappa shape index (κ1) is 18.4. The molecule has 2 bridgehead atoms. The summed E-state index contributed by atoms with van der Waals surface area (Å²) in [5.74, 6) is 1.73. The standard InChI is InChI=1S/C19H27NO4S/c1-23-17(21)11-24-8-3-2-4-16-13-5-6-14(10-13)18(16)20-19(22)15-7-9-25-12-15/h7,9,12-14,16,18H,2-6,8,10-11H2,1H3,(H,20,22)/t13-,14+,16-,18-/m0/s1. The summed E-state index contributed by atoms with van der Waals surface area (Å²) in [5.41, 5.74) is 0.780. The zero-order valence-electron chi connectivity index (χ0n) is 14.7. The molecule has 0 spiro atoms. The van der Waals surface area contributed by atoms with Gasteiger partial charge in [-0.05, 0) is 61.3 Å². The summed E-state index contributed by atoms with van der Waals surface area (Å²) in [4.78, 5) is 23.4. The van der Waals surface area contributed by atoms with E-state index in [-0.39, 0.29) is 18.5 Å². The maximum atomic E-state index is 12.4. The molecule has 0 aliphatic heterocycles. The summed E-state index contributed by atoms with van der Waals surface area (Å²) < 4.78 is 9.86. The lowest BCUT2D eigenvalue weighted by Gasteiger charge is -2.32. The number of nitrogens with one attached hydrogen (secondary N) is 1. The van der Waals surface area contributed by atoms with Gasteiger partial charge in [-0.1, -0.05) is 6.42 Å². The zero-order valence-corrected chi connectivity index (χ0v) is 15.6. The smallest absolute Gasteiger partial charge is 0.331 e. The van der Waals surface area contributed by atoms with E-state index in [4.69, 9.17) is 4.74 Å². The van der Waals surface area contributed by atoms with E-state index in [1.807, 2.05) is 16.8 Å². The van der Waals surface area contributed by atoms with E-state index in [0.29, 0.717) is 24.5 Å². The average molecular weight is 365 g/mol. The predicted molar refractivity (Wildman–Crippen MR) is 96.6 cm³/mol. The Morgan fingerprint density at radius 2 is 2.12 bits per heavy atom. The molecule has 0 saturated heterocycles. The minimum atomic E-state index is -0.329. The highest BCUT2D eigenvalue weighted by molar-refractivity contribution is 7.08. The Hall–Kier alpha value is -1.40. The van der Waals surface area contributed by atoms with Crippen LogP contribution in [0.15, 0.2) is 16.8 Å². The van der Waals surface area contributed by atoms with Crippen LogP contribution in [0.25, 0.3) is 0 Å². The Bertz CT molecular complexity index is 574. The molecule has 3 rings (SSSR count). The summed E-state index contributed by atoms with van der Waals surface area (Å²) in [6.07, 6.45) is 6.95. The van der Waals surface area contributed by atoms with Crippen LogP contribution in [-0.4, -0.2) is 38.2 Å². The first-order chi connectivity index (χ1) is 12.2. The van der Waals surface area contributed by atoms with Crippen LogP contribution in [0.2, 0.25) is 0 Å². The number of rotatable bonds is 9. The second kappa shape index (κ2) is 8.81. The van der Waals surface area contributed by atoms with E-state index in [2.05, 4.69) is 10.1 Å². The van der Waals surface area contributed by atoms with Crippen LogP contribution in [0.3, 0.4) is 0 Å². The second-order valence-electron chi connectivity index (χ2n) is 7.13. The van der Waals surface area contributed by atoms with Gasteiger partial charge in [-0.15, -0.1) is 0 Å². The first-order valence-corrected chi connectivity index (χ1v) is 10.1. The lowest BCUT2D eigenvalue weighted by Crippen LogP contribution is -2.43. The molecule has 1 aromatic heterocycles. The summed E-state index contributed by atoms with van der Waals surface area (Å²) in [5, 5.41) is 7.17. The number of carbonyl (C=O) groups is 2. The number of thiophene rings is 1. The highest BCUT2D eigenvalue weighted by atomic mass is 32.1. The fourth-order valence-electron chi connectivity index (χ4n) is 4.48. The lowest BCUT2D eigenvalue weighted by molar-refractivity contribution is -0.145. The number of methoxy groups -OCH3 is 1. The van der Waals surface area contributed by atoms with Crippen molar-refractivity contribution in [2.75, 3.05) is 20.3 Å². The third kappa shape index (κ3) is 4.61. The number of carbonyl (C=O) groups excluding carboxylic acids is 2. The van der Waals surface area contributed by atoms with Crippen LogP contribution in [0.4, 0.5) is 0 Å². The van der Waals surface area contributed by atoms with E-state index < -0.39 is 0 Å². The molecular formula is C19H27NO4S. The summed E-state index contributed by atoms with van der Waals surface area (Å²) >= 11 is 1.56. The Kier molecular flexibility index (Phi) is 6.48. The molecule has 138 valence electrons. The van der Waals surface area contributed by atoms with Crippen molar-refractivity contribution in [2.24, 2.45) is 17.8 Å². The molecule has 1 aromatic rings. The molecule has 2 saturated carbocycles. The Morgan fingerprint density at radius 1 is 1.28 bits per heavy atom. The van der Waals surface area contributed by atoms with E-state index in [0.717, 1.165) is 30.7 Å². The zero-order chi connectivity index (χ0) is 17.6. The van der Waals surface area contributed by atoms with Gasteiger partial charge in [-0.2, -0.15) is 11.3 Å². The molecule has 1 N–H and O–H groups in total. The van der Waals surface area contributed by atoms with Gasteiger partial charge in [-0.3, -0.25) is 4.79 Å². The highest BCUT2D eigenvalue weighted by Crippen LogP contribution is 2.50. The van der Waals surface area contributed by atoms with E-state index in [1.165, 1.54) is 26.4 Å². The quantitative estimate of drug-likeness (QED) is 0.539. The summed E-state index contributed by atoms with van der Waals surface area (Å²) in [7, 11) is 1.37. The molecule has 1 amide bonds. The second-order valence-corrected chi connectivity index (χ2v) is 7.91. The number of esters is 1. The number of hydrogen-bond acceptors (Lipinski definition) is 5. The predicted octanol–water partition coefficient (Wildman–Crippen LogP) is 3.25. The van der Waals surface area contributed by atoms with Crippen molar-refractivity contribution in [3.63, 3.8) is 0 Å². The number of unbranched alkanes of at least 4 members (excludes halogenated alkanes) is 1. The van der Waals surface area contributed by atoms with Crippen molar-refractivity contribution in [3.05, 3.63) is 22.4 Å². The third-order valence-electron chi connectivity index (χ3n) is 5.69. The Balaban J connectivity index is 1.43. The van der Waals surface area contributed by atoms with Crippen LogP contribution < -0.4 is 5.32 Å². The van der Waals surface area contributed by atoms with Crippen LogP contribution in [0, 0.1) is 17.8 Å². The van der Waals surface area contributed by atoms with Gasteiger partial charge in [0.1, 0.15) is 6.61 Å². The summed E-state index contributed by atoms with van der Waals surface area (Å²) in [6.45, 7) is 0.617. The number of amides is 1. The van der Waals surface area contributed by atoms with E-state index >= 15 is 0 Å². The molecule has 2 fully saturated rings. The van der Waals surface area contributed by atoms with Crippen molar-refractivity contribution in [1.82, 2.24) is 5.32 Å². The van der Waals surface area contributed by atoms with Crippen molar-refractivity contribution in [3.8, 4) is 0 Å². The van der Waals surface area contributed by atoms with Crippen LogP contribution in [0.5, 0.6) is 0 Å². The van der Waals surface area contributed by atoms with Gasteiger partial charge in [0.25, 0.3) is 5.91 Å². The Labute approximate surface area is 153 Å². The molecule has 2 aliphatic rings. The van der Waals surface area contributed by atoms with Crippen LogP contribution in [0.1, 0.15) is 48.9 Å². The molecule has 0 aromatic carbocycles. The maximum absolute atomic E-state index is 12.4. The molecule has 1 heterocycles.